The summed E-state index contributed by atoms with van der Waals surface area (Å²) in [5, 5.41) is 5.12. The van der Waals surface area contributed by atoms with E-state index in [1.807, 2.05) is 40.2 Å². The molecule has 2 aromatic heterocycles. The van der Waals surface area contributed by atoms with Gasteiger partial charge in [0.1, 0.15) is 11.4 Å². The zero-order valence-electron chi connectivity index (χ0n) is 15.1. The Morgan fingerprint density at radius 3 is 3.00 bits per heavy atom. The van der Waals surface area contributed by atoms with Crippen molar-refractivity contribution in [1.82, 2.24) is 14.7 Å². The number of hydrogen-bond acceptors (Lipinski definition) is 4. The lowest BCUT2D eigenvalue weighted by Crippen LogP contribution is -2.41. The molecule has 4 rings (SSSR count). The molecule has 1 amide bonds. The molecule has 0 spiro atoms. The number of carbonyl (C=O) groups is 1. The first-order valence-corrected chi connectivity index (χ1v) is 9.95. The fourth-order valence-corrected chi connectivity index (χ4v) is 4.50. The predicted molar refractivity (Wildman–Crippen MR) is 104 cm³/mol. The van der Waals surface area contributed by atoms with Crippen LogP contribution in [0.5, 0.6) is 5.75 Å². The Hall–Kier alpha value is -2.34. The van der Waals surface area contributed by atoms with Crippen molar-refractivity contribution in [2.75, 3.05) is 7.11 Å². The van der Waals surface area contributed by atoms with Gasteiger partial charge in [-0.3, -0.25) is 9.20 Å². The number of fused-ring (bicyclic) bond motifs is 1. The van der Waals surface area contributed by atoms with Gasteiger partial charge >= 0.3 is 0 Å². The van der Waals surface area contributed by atoms with Crippen LogP contribution in [-0.2, 0) is 0 Å². The molecule has 0 bridgehead atoms. The largest absolute Gasteiger partial charge is 0.497 e. The van der Waals surface area contributed by atoms with Crippen LogP contribution in [0, 0.1) is 5.92 Å². The van der Waals surface area contributed by atoms with Crippen LogP contribution in [0.1, 0.15) is 43.1 Å². The average Bonchev–Trinajstić information content (AvgIpc) is 3.24. The van der Waals surface area contributed by atoms with Gasteiger partial charge in [-0.25, -0.2) is 4.98 Å². The molecule has 1 aromatic carbocycles. The highest BCUT2D eigenvalue weighted by Crippen LogP contribution is 2.27. The number of hydrogen-bond donors (Lipinski definition) is 1. The molecule has 2 unspecified atom stereocenters. The van der Waals surface area contributed by atoms with Crippen LogP contribution in [0.15, 0.2) is 35.8 Å². The second-order valence-electron chi connectivity index (χ2n) is 6.97. The molecule has 26 heavy (non-hydrogen) atoms. The summed E-state index contributed by atoms with van der Waals surface area (Å²) in [7, 11) is 1.65. The minimum atomic E-state index is -0.00964. The van der Waals surface area contributed by atoms with Crippen LogP contribution in [0.3, 0.4) is 0 Å². The molecule has 1 aliphatic carbocycles. The molecule has 1 aliphatic rings. The molecule has 1 saturated carbocycles. The van der Waals surface area contributed by atoms with Gasteiger partial charge in [-0.1, -0.05) is 31.9 Å². The monoisotopic (exact) mass is 369 g/mol. The summed E-state index contributed by atoms with van der Waals surface area (Å²) in [5.74, 6) is 1.32. The molecule has 0 aliphatic heterocycles. The van der Waals surface area contributed by atoms with Crippen LogP contribution in [0.25, 0.3) is 16.2 Å². The molecule has 136 valence electrons. The number of methoxy groups -OCH3 is 1. The number of nitrogens with one attached hydrogen (secondary N) is 1. The van der Waals surface area contributed by atoms with Crippen molar-refractivity contribution in [2.24, 2.45) is 5.92 Å². The first kappa shape index (κ1) is 17.1. The number of benzene rings is 1. The number of carbonyl (C=O) groups excluding carboxylic acids is 1. The second kappa shape index (κ2) is 7.11. The Morgan fingerprint density at radius 2 is 2.19 bits per heavy atom. The van der Waals surface area contributed by atoms with Gasteiger partial charge in [-0.15, -0.1) is 11.3 Å². The maximum Gasteiger partial charge on any atom is 0.269 e. The summed E-state index contributed by atoms with van der Waals surface area (Å²) in [5.41, 5.74) is 2.48. The van der Waals surface area contributed by atoms with Crippen molar-refractivity contribution in [3.8, 4) is 17.0 Å². The van der Waals surface area contributed by atoms with E-state index in [1.54, 1.807) is 7.11 Å². The van der Waals surface area contributed by atoms with E-state index in [4.69, 9.17) is 4.74 Å². The third-order valence-electron chi connectivity index (χ3n) is 5.24. The van der Waals surface area contributed by atoms with Crippen molar-refractivity contribution in [3.05, 3.63) is 41.5 Å². The lowest BCUT2D eigenvalue weighted by Gasteiger charge is -2.29. The zero-order chi connectivity index (χ0) is 18.1. The van der Waals surface area contributed by atoms with E-state index < -0.39 is 0 Å². The van der Waals surface area contributed by atoms with Crippen LogP contribution >= 0.6 is 11.3 Å². The molecule has 0 radical (unpaired) electrons. The topological polar surface area (TPSA) is 55.6 Å². The fourth-order valence-electron chi connectivity index (χ4n) is 3.64. The molecule has 1 fully saturated rings. The smallest absolute Gasteiger partial charge is 0.269 e. The number of thiazole rings is 1. The van der Waals surface area contributed by atoms with Crippen LogP contribution < -0.4 is 10.1 Å². The van der Waals surface area contributed by atoms with Gasteiger partial charge in [0.2, 0.25) is 0 Å². The Morgan fingerprint density at radius 1 is 1.35 bits per heavy atom. The van der Waals surface area contributed by atoms with Crippen molar-refractivity contribution in [2.45, 2.75) is 38.6 Å². The van der Waals surface area contributed by atoms with Gasteiger partial charge in [0, 0.05) is 23.2 Å². The summed E-state index contributed by atoms with van der Waals surface area (Å²) in [6, 6.07) is 8.08. The molecule has 6 heteroatoms. The number of nitrogens with zero attached hydrogens (tertiary/aromatic N) is 2. The maximum absolute atomic E-state index is 12.8. The summed E-state index contributed by atoms with van der Waals surface area (Å²) in [6.07, 6.45) is 6.65. The minimum Gasteiger partial charge on any atom is -0.497 e. The molecule has 5 nitrogen and oxygen atoms in total. The Bertz CT molecular complexity index is 930. The number of rotatable bonds is 4. The Labute approximate surface area is 157 Å². The van der Waals surface area contributed by atoms with Crippen LogP contribution in [-0.4, -0.2) is 28.4 Å². The number of aromatic nitrogens is 2. The third kappa shape index (κ3) is 3.21. The van der Waals surface area contributed by atoms with Gasteiger partial charge in [-0.05, 0) is 30.9 Å². The van der Waals surface area contributed by atoms with Gasteiger partial charge in [0.25, 0.3) is 5.91 Å². The van der Waals surface area contributed by atoms with E-state index in [0.717, 1.165) is 28.4 Å². The Balaban J connectivity index is 1.60. The van der Waals surface area contributed by atoms with Gasteiger partial charge in [0.05, 0.1) is 12.8 Å². The van der Waals surface area contributed by atoms with Crippen LogP contribution in [0.4, 0.5) is 0 Å². The number of ether oxygens (including phenoxy) is 1. The first-order chi connectivity index (χ1) is 12.7. The maximum atomic E-state index is 12.8. The van der Waals surface area contributed by atoms with E-state index in [9.17, 15) is 4.79 Å². The summed E-state index contributed by atoms with van der Waals surface area (Å²) in [6.45, 7) is 2.23. The van der Waals surface area contributed by atoms with E-state index >= 15 is 0 Å². The number of amides is 1. The quantitative estimate of drug-likeness (QED) is 0.742. The molecule has 2 atom stereocenters. The first-order valence-electron chi connectivity index (χ1n) is 9.07. The van der Waals surface area contributed by atoms with Crippen LogP contribution in [0.2, 0.25) is 0 Å². The summed E-state index contributed by atoms with van der Waals surface area (Å²) in [4.78, 5) is 18.3. The fraction of sp³-hybridized carbons (Fsp3) is 0.400. The molecule has 3 aromatic rings. The van der Waals surface area contributed by atoms with E-state index in [0.29, 0.717) is 11.6 Å². The predicted octanol–water partition coefficient (Wildman–Crippen LogP) is 4.38. The minimum absolute atomic E-state index is 0.00964. The molecule has 1 N–H and O–H groups in total. The molecular weight excluding hydrogens is 346 g/mol. The molecular formula is C20H23N3O2S. The van der Waals surface area contributed by atoms with E-state index in [2.05, 4.69) is 17.2 Å². The lowest BCUT2D eigenvalue weighted by atomic mass is 9.86. The van der Waals surface area contributed by atoms with Crippen molar-refractivity contribution in [1.29, 1.82) is 0 Å². The van der Waals surface area contributed by atoms with E-state index in [-0.39, 0.29) is 11.9 Å². The average molecular weight is 369 g/mol. The van der Waals surface area contributed by atoms with E-state index in [1.165, 1.54) is 30.6 Å². The third-order valence-corrected chi connectivity index (χ3v) is 6.08. The highest BCUT2D eigenvalue weighted by molar-refractivity contribution is 7.15. The SMILES string of the molecule is COc1cccc(-c2cn3c(C(=O)NC4CCCCC4C)csc3n2)c1. The lowest BCUT2D eigenvalue weighted by molar-refractivity contribution is 0.0904. The van der Waals surface area contributed by atoms with Crippen molar-refractivity contribution in [3.63, 3.8) is 0 Å². The summed E-state index contributed by atoms with van der Waals surface area (Å²) >= 11 is 1.49. The van der Waals surface area contributed by atoms with Gasteiger partial charge < -0.3 is 10.1 Å². The van der Waals surface area contributed by atoms with Crippen molar-refractivity contribution < 1.29 is 9.53 Å². The second-order valence-corrected chi connectivity index (χ2v) is 7.81. The standard InChI is InChI=1S/C20H23N3O2S/c1-13-6-3-4-9-16(13)21-19(24)18-12-26-20-22-17(11-23(18)20)14-7-5-8-15(10-14)25-2/h5,7-8,10-13,16H,3-4,6,9H2,1-2H3,(H,21,24). The van der Waals surface area contributed by atoms with Gasteiger partial charge in [-0.2, -0.15) is 0 Å². The highest BCUT2D eigenvalue weighted by atomic mass is 32.1. The Kier molecular flexibility index (Phi) is 4.68. The highest BCUT2D eigenvalue weighted by Gasteiger charge is 2.24. The van der Waals surface area contributed by atoms with Crippen molar-refractivity contribution >= 4 is 22.2 Å². The zero-order valence-corrected chi connectivity index (χ0v) is 15.9. The summed E-state index contributed by atoms with van der Waals surface area (Å²) < 4.78 is 7.18. The number of imidazole rings is 1. The molecule has 2 heterocycles. The van der Waals surface area contributed by atoms with Gasteiger partial charge in [0.15, 0.2) is 4.96 Å². The normalized spacial score (nSPS) is 20.2. The molecule has 0 saturated heterocycles.